The summed E-state index contributed by atoms with van der Waals surface area (Å²) in [5.41, 5.74) is 3.46. The van der Waals surface area contributed by atoms with Crippen molar-refractivity contribution < 1.29 is 9.59 Å². The largest absolute Gasteiger partial charge is 0.371 e. The zero-order valence-electron chi connectivity index (χ0n) is 18.6. The first-order valence-corrected chi connectivity index (χ1v) is 12.0. The molecule has 4 rings (SSSR count). The van der Waals surface area contributed by atoms with Crippen molar-refractivity contribution in [2.24, 2.45) is 0 Å². The Labute approximate surface area is 209 Å². The van der Waals surface area contributed by atoms with Gasteiger partial charge in [-0.05, 0) is 61.2 Å². The van der Waals surface area contributed by atoms with Crippen molar-refractivity contribution in [3.05, 3.63) is 87.9 Å². The van der Waals surface area contributed by atoms with Gasteiger partial charge in [-0.15, -0.1) is 0 Å². The number of anilines is 3. The number of nitrogens with one attached hydrogen (secondary N) is 3. The van der Waals surface area contributed by atoms with Crippen molar-refractivity contribution in [3.63, 3.8) is 0 Å². The van der Waals surface area contributed by atoms with Crippen molar-refractivity contribution in [3.8, 4) is 0 Å². The molecule has 8 heteroatoms. The number of nitrogens with zero attached hydrogens (tertiary/aromatic N) is 1. The molecule has 0 radical (unpaired) electrons. The van der Waals surface area contributed by atoms with Crippen LogP contribution in [0.5, 0.6) is 0 Å². The average Bonchev–Trinajstić information content (AvgIpc) is 2.86. The van der Waals surface area contributed by atoms with Crippen LogP contribution in [0.2, 0.25) is 10.0 Å². The molecule has 176 valence electrons. The van der Waals surface area contributed by atoms with Crippen LogP contribution in [0.25, 0.3) is 0 Å². The number of hydrogen-bond donors (Lipinski definition) is 3. The lowest BCUT2D eigenvalue weighted by molar-refractivity contribution is 0.0951. The number of halogens is 2. The van der Waals surface area contributed by atoms with E-state index in [2.05, 4.69) is 20.9 Å². The highest BCUT2D eigenvalue weighted by atomic mass is 35.5. The zero-order chi connectivity index (χ0) is 23.9. The van der Waals surface area contributed by atoms with E-state index in [1.165, 1.54) is 6.42 Å². The summed E-state index contributed by atoms with van der Waals surface area (Å²) in [6, 6.07) is 19.6. The maximum atomic E-state index is 13.2. The molecule has 3 N–H and O–H groups in total. The van der Waals surface area contributed by atoms with Gasteiger partial charge in [0.25, 0.3) is 5.91 Å². The minimum Gasteiger partial charge on any atom is -0.371 e. The maximum absolute atomic E-state index is 13.2. The van der Waals surface area contributed by atoms with Gasteiger partial charge in [0.2, 0.25) is 0 Å². The molecule has 3 amide bonds. The average molecular weight is 497 g/mol. The van der Waals surface area contributed by atoms with Crippen LogP contribution in [0.15, 0.2) is 66.7 Å². The predicted molar refractivity (Wildman–Crippen MR) is 139 cm³/mol. The lowest BCUT2D eigenvalue weighted by Gasteiger charge is -2.30. The number of urea groups is 1. The molecular weight excluding hydrogens is 471 g/mol. The Bertz CT molecular complexity index is 1160. The highest BCUT2D eigenvalue weighted by Crippen LogP contribution is 2.28. The Kier molecular flexibility index (Phi) is 7.93. The molecule has 1 fully saturated rings. The first-order valence-electron chi connectivity index (χ1n) is 11.2. The Morgan fingerprint density at radius 3 is 2.18 bits per heavy atom. The molecule has 3 aromatic carbocycles. The van der Waals surface area contributed by atoms with Gasteiger partial charge in [0.05, 0.1) is 15.6 Å². The van der Waals surface area contributed by atoms with E-state index >= 15 is 0 Å². The molecule has 0 bridgehead atoms. The van der Waals surface area contributed by atoms with Crippen LogP contribution in [0.4, 0.5) is 21.9 Å². The fraction of sp³-hybridized carbons (Fsp3) is 0.231. The summed E-state index contributed by atoms with van der Waals surface area (Å²) in [5.74, 6) is -0.182. The number of benzene rings is 3. The zero-order valence-corrected chi connectivity index (χ0v) is 20.1. The lowest BCUT2D eigenvalue weighted by Crippen LogP contribution is -2.33. The highest BCUT2D eigenvalue weighted by Gasteiger charge is 2.20. The molecule has 0 aliphatic carbocycles. The maximum Gasteiger partial charge on any atom is 0.323 e. The van der Waals surface area contributed by atoms with Gasteiger partial charge >= 0.3 is 6.03 Å². The number of hydrogen-bond acceptors (Lipinski definition) is 3. The molecule has 1 saturated heterocycles. The summed E-state index contributed by atoms with van der Waals surface area (Å²) >= 11 is 12.0. The van der Waals surface area contributed by atoms with E-state index in [-0.39, 0.29) is 5.91 Å². The molecule has 1 heterocycles. The standard InChI is InChI=1S/C26H26Cl2N4O2/c27-22-11-9-20(16-23(22)28)31-26(34)30-19-10-12-24(32-13-5-2-6-14-32)21(15-19)25(33)29-17-18-7-3-1-4-8-18/h1,3-4,7-12,15-16H,2,5-6,13-14,17H2,(H,29,33)(H2,30,31,34). The second-order valence-corrected chi connectivity index (χ2v) is 8.97. The van der Waals surface area contributed by atoms with Gasteiger partial charge in [0, 0.05) is 36.7 Å². The van der Waals surface area contributed by atoms with E-state index < -0.39 is 6.03 Å². The first-order chi connectivity index (χ1) is 16.5. The molecule has 34 heavy (non-hydrogen) atoms. The minimum absolute atomic E-state index is 0.182. The molecule has 6 nitrogen and oxygen atoms in total. The summed E-state index contributed by atoms with van der Waals surface area (Å²) in [4.78, 5) is 28.0. The lowest BCUT2D eigenvalue weighted by atomic mass is 10.1. The Balaban J connectivity index is 1.51. The van der Waals surface area contributed by atoms with E-state index in [4.69, 9.17) is 23.2 Å². The van der Waals surface area contributed by atoms with Crippen molar-refractivity contribution in [1.82, 2.24) is 5.32 Å². The summed E-state index contributed by atoms with van der Waals surface area (Å²) in [6.45, 7) is 2.24. The molecule has 0 unspecified atom stereocenters. The van der Waals surface area contributed by atoms with Crippen molar-refractivity contribution >= 4 is 52.2 Å². The van der Waals surface area contributed by atoms with Crippen LogP contribution in [-0.2, 0) is 6.54 Å². The van der Waals surface area contributed by atoms with E-state index in [1.807, 2.05) is 42.5 Å². The molecule has 1 aliphatic heterocycles. The SMILES string of the molecule is O=C(Nc1ccc(Cl)c(Cl)c1)Nc1ccc(N2CCCCC2)c(C(=O)NCc2ccccc2)c1. The normalized spacial score (nSPS) is 13.3. The topological polar surface area (TPSA) is 73.5 Å². The first kappa shape index (κ1) is 23.9. The van der Waals surface area contributed by atoms with Crippen LogP contribution in [0, 0.1) is 0 Å². The van der Waals surface area contributed by atoms with Crippen LogP contribution < -0.4 is 20.9 Å². The van der Waals surface area contributed by atoms with Gasteiger partial charge in [0.15, 0.2) is 0 Å². The molecular formula is C26H26Cl2N4O2. The predicted octanol–water partition coefficient (Wildman–Crippen LogP) is 6.56. The second kappa shape index (κ2) is 11.3. The fourth-order valence-electron chi connectivity index (χ4n) is 3.95. The van der Waals surface area contributed by atoms with Crippen LogP contribution in [0.3, 0.4) is 0 Å². The van der Waals surface area contributed by atoms with Crippen molar-refractivity contribution in [2.45, 2.75) is 25.8 Å². The molecule has 1 aliphatic rings. The quantitative estimate of drug-likeness (QED) is 0.361. The summed E-state index contributed by atoms with van der Waals surface area (Å²) in [6.07, 6.45) is 3.38. The van der Waals surface area contributed by atoms with Gasteiger partial charge in [-0.25, -0.2) is 4.79 Å². The van der Waals surface area contributed by atoms with E-state index in [0.717, 1.165) is 37.2 Å². The van der Waals surface area contributed by atoms with Gasteiger partial charge in [-0.2, -0.15) is 0 Å². The fourth-order valence-corrected chi connectivity index (χ4v) is 4.25. The third-order valence-electron chi connectivity index (χ3n) is 5.67. The molecule has 0 saturated carbocycles. The Morgan fingerprint density at radius 1 is 0.794 bits per heavy atom. The smallest absolute Gasteiger partial charge is 0.323 e. The van der Waals surface area contributed by atoms with Crippen LogP contribution in [-0.4, -0.2) is 25.0 Å². The second-order valence-electron chi connectivity index (χ2n) is 8.16. The number of rotatable bonds is 6. The Morgan fingerprint density at radius 2 is 1.47 bits per heavy atom. The van der Waals surface area contributed by atoms with E-state index in [0.29, 0.717) is 33.5 Å². The van der Waals surface area contributed by atoms with Gasteiger partial charge in [-0.1, -0.05) is 53.5 Å². The van der Waals surface area contributed by atoms with E-state index in [1.54, 1.807) is 24.3 Å². The van der Waals surface area contributed by atoms with Crippen molar-refractivity contribution in [1.29, 1.82) is 0 Å². The minimum atomic E-state index is -0.445. The van der Waals surface area contributed by atoms with Gasteiger partial charge in [0.1, 0.15) is 0 Å². The summed E-state index contributed by atoms with van der Waals surface area (Å²) in [7, 11) is 0. The van der Waals surface area contributed by atoms with Gasteiger partial charge < -0.3 is 20.9 Å². The van der Waals surface area contributed by atoms with Crippen molar-refractivity contribution in [2.75, 3.05) is 28.6 Å². The molecule has 3 aromatic rings. The van der Waals surface area contributed by atoms with Crippen LogP contribution in [0.1, 0.15) is 35.2 Å². The number of amides is 3. The summed E-state index contributed by atoms with van der Waals surface area (Å²) in [5, 5.41) is 9.29. The highest BCUT2D eigenvalue weighted by molar-refractivity contribution is 6.42. The van der Waals surface area contributed by atoms with Crippen LogP contribution >= 0.6 is 23.2 Å². The third-order valence-corrected chi connectivity index (χ3v) is 6.41. The number of carbonyl (C=O) groups is 2. The van der Waals surface area contributed by atoms with E-state index in [9.17, 15) is 9.59 Å². The Hall–Kier alpha value is -3.22. The number of carbonyl (C=O) groups excluding carboxylic acids is 2. The monoisotopic (exact) mass is 496 g/mol. The number of piperidine rings is 1. The molecule has 0 atom stereocenters. The van der Waals surface area contributed by atoms with Gasteiger partial charge in [-0.3, -0.25) is 4.79 Å². The molecule has 0 spiro atoms. The summed E-state index contributed by atoms with van der Waals surface area (Å²) < 4.78 is 0. The molecule has 0 aromatic heterocycles. The third kappa shape index (κ3) is 6.22.